The van der Waals surface area contributed by atoms with Gasteiger partial charge in [0.05, 0.1) is 10.5 Å². The molecule has 0 radical (unpaired) electrons. The molecule has 0 bridgehead atoms. The van der Waals surface area contributed by atoms with Gasteiger partial charge in [0.1, 0.15) is 5.75 Å². The SMILES string of the molecule is O=C(Oc1ccc(I)cc1)c1cccc([N+](=O)[O-])c1C(=O)OCC(F)(F)S(=O)(=O)O. The molecule has 0 aliphatic heterocycles. The number of nitro benzene ring substituents is 1. The molecule has 0 heterocycles. The highest BCUT2D eigenvalue weighted by Crippen LogP contribution is 2.27. The normalized spacial score (nSPS) is 11.6. The van der Waals surface area contributed by atoms with Crippen LogP contribution in [-0.4, -0.2) is 41.7 Å². The summed E-state index contributed by atoms with van der Waals surface area (Å²) in [4.78, 5) is 34.8. The molecule has 0 fully saturated rings. The summed E-state index contributed by atoms with van der Waals surface area (Å²) in [5, 5.41) is 6.35. The number of hydrogen-bond acceptors (Lipinski definition) is 8. The molecule has 0 unspecified atom stereocenters. The second-order valence-electron chi connectivity index (χ2n) is 5.49. The number of esters is 2. The zero-order chi connectivity index (χ0) is 22.7. The van der Waals surface area contributed by atoms with E-state index in [1.54, 1.807) is 12.1 Å². The number of carbonyl (C=O) groups is 2. The van der Waals surface area contributed by atoms with E-state index in [0.717, 1.165) is 21.8 Å². The molecule has 10 nitrogen and oxygen atoms in total. The van der Waals surface area contributed by atoms with Crippen molar-refractivity contribution in [2.24, 2.45) is 0 Å². The monoisotopic (exact) mass is 557 g/mol. The summed E-state index contributed by atoms with van der Waals surface area (Å²) in [7, 11) is -5.91. The highest BCUT2D eigenvalue weighted by atomic mass is 127. The summed E-state index contributed by atoms with van der Waals surface area (Å²) in [6.45, 7) is -2.14. The van der Waals surface area contributed by atoms with Gasteiger partial charge in [0.2, 0.25) is 0 Å². The van der Waals surface area contributed by atoms with Crippen LogP contribution in [-0.2, 0) is 14.9 Å². The molecule has 2 rings (SSSR count). The molecule has 0 aliphatic rings. The first kappa shape index (κ1) is 23.6. The van der Waals surface area contributed by atoms with Gasteiger partial charge < -0.3 is 9.47 Å². The molecular weight excluding hydrogens is 547 g/mol. The van der Waals surface area contributed by atoms with E-state index in [-0.39, 0.29) is 5.75 Å². The van der Waals surface area contributed by atoms with E-state index in [4.69, 9.17) is 9.29 Å². The molecule has 30 heavy (non-hydrogen) atoms. The van der Waals surface area contributed by atoms with Crippen LogP contribution in [0.5, 0.6) is 5.75 Å². The molecule has 160 valence electrons. The molecule has 0 saturated carbocycles. The van der Waals surface area contributed by atoms with E-state index in [0.29, 0.717) is 0 Å². The van der Waals surface area contributed by atoms with Gasteiger partial charge in [-0.15, -0.1) is 0 Å². The zero-order valence-electron chi connectivity index (χ0n) is 14.5. The van der Waals surface area contributed by atoms with Crippen molar-refractivity contribution in [3.8, 4) is 5.75 Å². The maximum absolute atomic E-state index is 13.3. The minimum absolute atomic E-state index is 0.0316. The van der Waals surface area contributed by atoms with Crippen LogP contribution in [0.4, 0.5) is 14.5 Å². The van der Waals surface area contributed by atoms with Crippen molar-refractivity contribution in [3.05, 3.63) is 67.3 Å². The quantitative estimate of drug-likeness (QED) is 0.135. The fraction of sp³-hybridized carbons (Fsp3) is 0.125. The smallest absolute Gasteiger partial charge is 0.402 e. The first-order valence-electron chi connectivity index (χ1n) is 7.60. The van der Waals surface area contributed by atoms with Crippen molar-refractivity contribution in [3.63, 3.8) is 0 Å². The third-order valence-electron chi connectivity index (χ3n) is 3.44. The van der Waals surface area contributed by atoms with Crippen molar-refractivity contribution in [1.82, 2.24) is 0 Å². The minimum atomic E-state index is -5.91. The maximum atomic E-state index is 13.3. The number of nitrogens with zero attached hydrogens (tertiary/aromatic N) is 1. The van der Waals surface area contributed by atoms with Crippen LogP contribution in [0.1, 0.15) is 20.7 Å². The predicted molar refractivity (Wildman–Crippen MR) is 104 cm³/mol. The topological polar surface area (TPSA) is 150 Å². The second-order valence-corrected chi connectivity index (χ2v) is 8.28. The van der Waals surface area contributed by atoms with Gasteiger partial charge in [-0.25, -0.2) is 9.59 Å². The van der Waals surface area contributed by atoms with E-state index < -0.39 is 55.7 Å². The number of hydrogen-bond donors (Lipinski definition) is 1. The van der Waals surface area contributed by atoms with Crippen LogP contribution in [0.15, 0.2) is 42.5 Å². The molecule has 0 spiro atoms. The average Bonchev–Trinajstić information content (AvgIpc) is 2.66. The van der Waals surface area contributed by atoms with E-state index in [1.165, 1.54) is 12.1 Å². The number of carbonyl (C=O) groups excluding carboxylic acids is 2. The van der Waals surface area contributed by atoms with Gasteiger partial charge in [0.25, 0.3) is 5.69 Å². The Morgan fingerprint density at radius 2 is 1.73 bits per heavy atom. The molecule has 0 amide bonds. The van der Waals surface area contributed by atoms with E-state index in [2.05, 4.69) is 4.74 Å². The van der Waals surface area contributed by atoms with Crippen LogP contribution >= 0.6 is 22.6 Å². The summed E-state index contributed by atoms with van der Waals surface area (Å²) in [6, 6.07) is 8.79. The lowest BCUT2D eigenvalue weighted by molar-refractivity contribution is -0.385. The highest BCUT2D eigenvalue weighted by molar-refractivity contribution is 14.1. The predicted octanol–water partition coefficient (Wildman–Crippen LogP) is 3.06. The molecule has 0 atom stereocenters. The van der Waals surface area contributed by atoms with Crippen molar-refractivity contribution in [1.29, 1.82) is 0 Å². The summed E-state index contributed by atoms with van der Waals surface area (Å²) in [5.74, 6) is -2.99. The number of rotatable bonds is 7. The Balaban J connectivity index is 2.39. The summed E-state index contributed by atoms with van der Waals surface area (Å²) in [5.41, 5.74) is -2.67. The number of ether oxygens (including phenoxy) is 2. The lowest BCUT2D eigenvalue weighted by atomic mass is 10.1. The maximum Gasteiger partial charge on any atom is 0.402 e. The molecule has 2 aromatic rings. The third-order valence-corrected chi connectivity index (χ3v) is 5.03. The standard InChI is InChI=1S/C16H10F2INO9S/c17-16(18,30(25,26)27)8-28-15(22)13-11(2-1-3-12(13)20(23)24)14(21)29-10-6-4-9(19)5-7-10/h1-7H,8H2,(H,25,26,27). The zero-order valence-corrected chi connectivity index (χ0v) is 17.4. The third kappa shape index (κ3) is 5.45. The number of nitro groups is 1. The Morgan fingerprint density at radius 1 is 1.13 bits per heavy atom. The summed E-state index contributed by atoms with van der Waals surface area (Å²) >= 11 is 1.99. The van der Waals surface area contributed by atoms with Crippen molar-refractivity contribution in [2.75, 3.05) is 6.61 Å². The van der Waals surface area contributed by atoms with Crippen LogP contribution in [0.2, 0.25) is 0 Å². The average molecular weight is 557 g/mol. The summed E-state index contributed by atoms with van der Waals surface area (Å²) in [6.07, 6.45) is 0. The van der Waals surface area contributed by atoms with Gasteiger partial charge >= 0.3 is 27.3 Å². The lowest BCUT2D eigenvalue weighted by Crippen LogP contribution is -2.35. The fourth-order valence-corrected chi connectivity index (χ4v) is 2.61. The fourth-order valence-electron chi connectivity index (χ4n) is 2.04. The molecule has 0 aromatic heterocycles. The Hall–Kier alpha value is -2.72. The van der Waals surface area contributed by atoms with Crippen LogP contribution in [0.3, 0.4) is 0 Å². The van der Waals surface area contributed by atoms with Crippen molar-refractivity contribution < 1.29 is 45.7 Å². The van der Waals surface area contributed by atoms with Crippen LogP contribution < -0.4 is 4.74 Å². The van der Waals surface area contributed by atoms with E-state index in [9.17, 15) is 36.9 Å². The lowest BCUT2D eigenvalue weighted by Gasteiger charge is -2.14. The second kappa shape index (κ2) is 8.97. The molecule has 0 aliphatic carbocycles. The Bertz CT molecular complexity index is 1100. The number of alkyl halides is 2. The minimum Gasteiger partial charge on any atom is -0.454 e. The molecule has 14 heteroatoms. The van der Waals surface area contributed by atoms with Gasteiger partial charge in [-0.2, -0.15) is 17.2 Å². The molecule has 0 saturated heterocycles. The summed E-state index contributed by atoms with van der Waals surface area (Å²) < 4.78 is 66.2. The Kier molecular flexibility index (Phi) is 7.04. The Labute approximate surface area is 180 Å². The van der Waals surface area contributed by atoms with Crippen molar-refractivity contribution >= 4 is 50.3 Å². The van der Waals surface area contributed by atoms with Crippen LogP contribution in [0, 0.1) is 13.7 Å². The number of halogens is 3. The largest absolute Gasteiger partial charge is 0.454 e. The first-order valence-corrected chi connectivity index (χ1v) is 10.1. The van der Waals surface area contributed by atoms with Gasteiger partial charge in [-0.1, -0.05) is 6.07 Å². The number of benzene rings is 2. The molecule has 1 N–H and O–H groups in total. The highest BCUT2D eigenvalue weighted by Gasteiger charge is 2.46. The van der Waals surface area contributed by atoms with Crippen molar-refractivity contribution in [2.45, 2.75) is 5.25 Å². The van der Waals surface area contributed by atoms with E-state index >= 15 is 0 Å². The molecular formula is C16H10F2INO9S. The van der Waals surface area contributed by atoms with Crippen LogP contribution in [0.25, 0.3) is 0 Å². The van der Waals surface area contributed by atoms with Gasteiger partial charge in [-0.3, -0.25) is 14.7 Å². The van der Waals surface area contributed by atoms with Gasteiger partial charge in [0.15, 0.2) is 12.2 Å². The van der Waals surface area contributed by atoms with Gasteiger partial charge in [0, 0.05) is 9.64 Å². The Morgan fingerprint density at radius 3 is 2.27 bits per heavy atom. The van der Waals surface area contributed by atoms with Gasteiger partial charge in [-0.05, 0) is 52.9 Å². The first-order chi connectivity index (χ1) is 13.8. The van der Waals surface area contributed by atoms with E-state index in [1.807, 2.05) is 22.6 Å². The molecule has 2 aromatic carbocycles.